The molecule has 3 aromatic rings. The van der Waals surface area contributed by atoms with Gasteiger partial charge in [0.15, 0.2) is 0 Å². The lowest BCUT2D eigenvalue weighted by Crippen LogP contribution is -2.35. The summed E-state index contributed by atoms with van der Waals surface area (Å²) in [7, 11) is -3.67. The van der Waals surface area contributed by atoms with E-state index in [1.165, 1.54) is 11.3 Å². The smallest absolute Gasteiger partial charge is 0.268 e. The minimum Gasteiger partial charge on any atom is -0.307 e. The van der Waals surface area contributed by atoms with Gasteiger partial charge >= 0.3 is 0 Å². The maximum absolute atomic E-state index is 12.8. The fourth-order valence-electron chi connectivity index (χ4n) is 3.20. The number of rotatable bonds is 4. The van der Waals surface area contributed by atoms with Crippen molar-refractivity contribution in [3.05, 3.63) is 76.5 Å². The molecule has 1 amide bonds. The van der Waals surface area contributed by atoms with Crippen LogP contribution in [0, 0.1) is 0 Å². The van der Waals surface area contributed by atoms with Crippen molar-refractivity contribution in [2.45, 2.75) is 17.7 Å². The van der Waals surface area contributed by atoms with Gasteiger partial charge in [-0.05, 0) is 54.1 Å². The number of amides is 1. The van der Waals surface area contributed by atoms with Crippen LogP contribution in [-0.2, 0) is 16.4 Å². The molecule has 1 aliphatic heterocycles. The first-order valence-electron chi connectivity index (χ1n) is 8.61. The molecule has 2 heterocycles. The van der Waals surface area contributed by atoms with Gasteiger partial charge in [-0.15, -0.1) is 11.3 Å². The van der Waals surface area contributed by atoms with E-state index >= 15 is 0 Å². The molecular formula is C20H18N2O3S2. The number of carbonyl (C=O) groups excluding carboxylic acids is 1. The molecule has 27 heavy (non-hydrogen) atoms. The summed E-state index contributed by atoms with van der Waals surface area (Å²) in [5, 5.41) is 1.88. The Morgan fingerprint density at radius 2 is 1.85 bits per heavy atom. The van der Waals surface area contributed by atoms with E-state index in [4.69, 9.17) is 0 Å². The third-order valence-corrected chi connectivity index (χ3v) is 6.74. The highest BCUT2D eigenvalue weighted by atomic mass is 32.2. The Morgan fingerprint density at radius 1 is 1.04 bits per heavy atom. The van der Waals surface area contributed by atoms with E-state index in [1.807, 2.05) is 23.6 Å². The number of fused-ring (bicyclic) bond motifs is 1. The number of hydrogen-bond acceptors (Lipinski definition) is 4. The van der Waals surface area contributed by atoms with Gasteiger partial charge in [0.05, 0.1) is 15.5 Å². The van der Waals surface area contributed by atoms with Gasteiger partial charge in [-0.25, -0.2) is 8.42 Å². The Morgan fingerprint density at radius 3 is 2.59 bits per heavy atom. The maximum atomic E-state index is 12.8. The van der Waals surface area contributed by atoms with Crippen molar-refractivity contribution < 1.29 is 13.2 Å². The SMILES string of the molecule is O=C(c1cccs1)N1CCCc2ccc(NS(=O)(=O)c3ccccc3)cc21. The van der Waals surface area contributed by atoms with Crippen LogP contribution in [0.5, 0.6) is 0 Å². The van der Waals surface area contributed by atoms with Gasteiger partial charge in [0.2, 0.25) is 0 Å². The second-order valence-electron chi connectivity index (χ2n) is 6.30. The molecule has 2 aromatic carbocycles. The van der Waals surface area contributed by atoms with Crippen molar-refractivity contribution >= 4 is 38.6 Å². The van der Waals surface area contributed by atoms with E-state index < -0.39 is 10.0 Å². The van der Waals surface area contributed by atoms with Gasteiger partial charge in [-0.3, -0.25) is 9.52 Å². The zero-order chi connectivity index (χ0) is 18.9. The molecule has 0 radical (unpaired) electrons. The summed E-state index contributed by atoms with van der Waals surface area (Å²) in [4.78, 5) is 15.5. The van der Waals surface area contributed by atoms with Crippen LogP contribution in [0.1, 0.15) is 21.7 Å². The van der Waals surface area contributed by atoms with Crippen molar-refractivity contribution in [3.63, 3.8) is 0 Å². The quantitative estimate of drug-likeness (QED) is 0.718. The van der Waals surface area contributed by atoms with E-state index in [0.717, 1.165) is 24.1 Å². The molecule has 138 valence electrons. The Bertz CT molecular complexity index is 1060. The molecule has 7 heteroatoms. The Balaban J connectivity index is 1.66. The minimum atomic E-state index is -3.67. The van der Waals surface area contributed by atoms with Gasteiger partial charge in [-0.2, -0.15) is 0 Å². The van der Waals surface area contributed by atoms with Crippen LogP contribution in [-0.4, -0.2) is 20.9 Å². The van der Waals surface area contributed by atoms with Crippen molar-refractivity contribution in [2.75, 3.05) is 16.2 Å². The summed E-state index contributed by atoms with van der Waals surface area (Å²) in [5.74, 6) is -0.0472. The first kappa shape index (κ1) is 17.8. The average molecular weight is 399 g/mol. The lowest BCUT2D eigenvalue weighted by molar-refractivity contribution is 0.0989. The molecule has 0 saturated carbocycles. The largest absolute Gasteiger partial charge is 0.307 e. The van der Waals surface area contributed by atoms with E-state index in [-0.39, 0.29) is 10.8 Å². The van der Waals surface area contributed by atoms with Gasteiger partial charge in [-0.1, -0.05) is 30.3 Å². The number of nitrogens with zero attached hydrogens (tertiary/aromatic N) is 1. The third-order valence-electron chi connectivity index (χ3n) is 4.49. The fourth-order valence-corrected chi connectivity index (χ4v) is 4.94. The lowest BCUT2D eigenvalue weighted by atomic mass is 10.0. The topological polar surface area (TPSA) is 66.5 Å². The molecular weight excluding hydrogens is 380 g/mol. The number of sulfonamides is 1. The Hall–Kier alpha value is -2.64. The molecule has 5 nitrogen and oxygen atoms in total. The van der Waals surface area contributed by atoms with E-state index in [2.05, 4.69) is 4.72 Å². The summed E-state index contributed by atoms with van der Waals surface area (Å²) in [6.45, 7) is 0.624. The molecule has 4 rings (SSSR count). The summed E-state index contributed by atoms with van der Waals surface area (Å²) >= 11 is 1.41. The fraction of sp³-hybridized carbons (Fsp3) is 0.150. The summed E-state index contributed by atoms with van der Waals surface area (Å²) in [5.41, 5.74) is 2.27. The zero-order valence-corrected chi connectivity index (χ0v) is 16.1. The van der Waals surface area contributed by atoms with Crippen LogP contribution in [0.3, 0.4) is 0 Å². The summed E-state index contributed by atoms with van der Waals surface area (Å²) in [6, 6.07) is 17.3. The minimum absolute atomic E-state index is 0.0472. The predicted molar refractivity (Wildman–Crippen MR) is 108 cm³/mol. The zero-order valence-electron chi connectivity index (χ0n) is 14.5. The molecule has 0 fully saturated rings. The molecule has 1 aromatic heterocycles. The number of thiophene rings is 1. The first-order valence-corrected chi connectivity index (χ1v) is 11.0. The second-order valence-corrected chi connectivity index (χ2v) is 8.93. The molecule has 0 aliphatic carbocycles. The number of aryl methyl sites for hydroxylation is 1. The number of benzene rings is 2. The first-order chi connectivity index (χ1) is 13.0. The highest BCUT2D eigenvalue weighted by Gasteiger charge is 2.25. The van der Waals surface area contributed by atoms with Crippen molar-refractivity contribution in [1.82, 2.24) is 0 Å². The standard InChI is InChI=1S/C20H18N2O3S2/c23-20(19-9-5-13-26-19)22-12-4-6-15-10-11-16(14-18(15)22)21-27(24,25)17-7-2-1-3-8-17/h1-3,5,7-11,13-14,21H,4,6,12H2. The maximum Gasteiger partial charge on any atom is 0.268 e. The highest BCUT2D eigenvalue weighted by Crippen LogP contribution is 2.32. The van der Waals surface area contributed by atoms with Crippen LogP contribution in [0.15, 0.2) is 70.9 Å². The number of anilines is 2. The molecule has 0 unspecified atom stereocenters. The molecule has 1 N–H and O–H groups in total. The third kappa shape index (κ3) is 3.61. The van der Waals surface area contributed by atoms with Crippen molar-refractivity contribution in [2.24, 2.45) is 0 Å². The molecule has 0 atom stereocenters. The summed E-state index contributed by atoms with van der Waals surface area (Å²) < 4.78 is 27.8. The number of hydrogen-bond donors (Lipinski definition) is 1. The summed E-state index contributed by atoms with van der Waals surface area (Å²) in [6.07, 6.45) is 1.76. The van der Waals surface area contributed by atoms with Crippen LogP contribution in [0.4, 0.5) is 11.4 Å². The second kappa shape index (κ2) is 7.17. The van der Waals surface area contributed by atoms with Crippen LogP contribution < -0.4 is 9.62 Å². The van der Waals surface area contributed by atoms with E-state index in [9.17, 15) is 13.2 Å². The highest BCUT2D eigenvalue weighted by molar-refractivity contribution is 7.92. The van der Waals surface area contributed by atoms with Gasteiger partial charge in [0.1, 0.15) is 0 Å². The molecule has 0 spiro atoms. The molecule has 0 bridgehead atoms. The van der Waals surface area contributed by atoms with Crippen LogP contribution in [0.25, 0.3) is 0 Å². The van der Waals surface area contributed by atoms with Crippen LogP contribution >= 0.6 is 11.3 Å². The lowest BCUT2D eigenvalue weighted by Gasteiger charge is -2.29. The number of carbonyl (C=O) groups is 1. The van der Waals surface area contributed by atoms with Crippen molar-refractivity contribution in [3.8, 4) is 0 Å². The number of nitrogens with one attached hydrogen (secondary N) is 1. The molecule has 0 saturated heterocycles. The predicted octanol–water partition coefficient (Wildman–Crippen LogP) is 4.14. The Labute approximate surface area is 162 Å². The van der Waals surface area contributed by atoms with Crippen molar-refractivity contribution in [1.29, 1.82) is 0 Å². The van der Waals surface area contributed by atoms with Gasteiger partial charge in [0.25, 0.3) is 15.9 Å². The van der Waals surface area contributed by atoms with Gasteiger partial charge < -0.3 is 4.90 Å². The Kier molecular flexibility index (Phi) is 4.72. The van der Waals surface area contributed by atoms with E-state index in [0.29, 0.717) is 17.1 Å². The van der Waals surface area contributed by atoms with E-state index in [1.54, 1.807) is 47.4 Å². The normalized spacial score (nSPS) is 13.9. The van der Waals surface area contributed by atoms with Gasteiger partial charge in [0, 0.05) is 12.2 Å². The average Bonchev–Trinajstić information content (AvgIpc) is 3.22. The monoisotopic (exact) mass is 398 g/mol. The van der Waals surface area contributed by atoms with Crippen LogP contribution in [0.2, 0.25) is 0 Å². The molecule has 1 aliphatic rings.